The van der Waals surface area contributed by atoms with Crippen LogP contribution in [0.4, 0.5) is 5.13 Å². The molecule has 0 N–H and O–H groups in total. The molecule has 0 aliphatic carbocycles. The molecule has 0 spiro atoms. The number of anilines is 1. The molecule has 1 fully saturated rings. The van der Waals surface area contributed by atoms with Crippen molar-refractivity contribution >= 4 is 65.6 Å². The van der Waals surface area contributed by atoms with E-state index in [2.05, 4.69) is 18.7 Å². The van der Waals surface area contributed by atoms with Gasteiger partial charge in [0, 0.05) is 32.1 Å². The molecular formula is C25H33ClN4O4S3. The summed E-state index contributed by atoms with van der Waals surface area (Å²) < 4.78 is 34.7. The number of fused-ring (bicyclic) bond motifs is 1. The first-order valence-corrected chi connectivity index (χ1v) is 15.9. The number of likely N-dealkylation sites (N-methyl/N-ethyl adjacent to an activating group) is 1. The number of amides is 1. The highest BCUT2D eigenvalue weighted by molar-refractivity contribution is 7.91. The number of benzene rings is 1. The number of thiazole rings is 1. The Morgan fingerprint density at radius 1 is 1.14 bits per heavy atom. The second-order valence-corrected chi connectivity index (χ2v) is 13.9. The Hall–Kier alpha value is -1.76. The first-order valence-electron chi connectivity index (χ1n) is 12.4. The predicted octanol–water partition coefficient (Wildman–Crippen LogP) is 5.10. The van der Waals surface area contributed by atoms with Gasteiger partial charge >= 0.3 is 0 Å². The Balaban J connectivity index is 1.56. The lowest BCUT2D eigenvalue weighted by molar-refractivity contribution is -0.123. The van der Waals surface area contributed by atoms with E-state index in [0.717, 1.165) is 46.8 Å². The Labute approximate surface area is 231 Å². The third-order valence-electron chi connectivity index (χ3n) is 6.89. The van der Waals surface area contributed by atoms with Crippen molar-refractivity contribution in [1.29, 1.82) is 0 Å². The molecule has 1 aromatic carbocycles. The van der Waals surface area contributed by atoms with Crippen LogP contribution in [0.2, 0.25) is 4.34 Å². The van der Waals surface area contributed by atoms with Gasteiger partial charge < -0.3 is 9.64 Å². The van der Waals surface area contributed by atoms with Crippen molar-refractivity contribution in [1.82, 2.24) is 14.2 Å². The number of carbonyl (C=O) groups is 1. The number of aromatic nitrogens is 1. The molecule has 0 bridgehead atoms. The van der Waals surface area contributed by atoms with Gasteiger partial charge in [0.2, 0.25) is 5.91 Å². The van der Waals surface area contributed by atoms with Gasteiger partial charge in [-0.3, -0.25) is 9.69 Å². The smallest absolute Gasteiger partial charge is 0.252 e. The van der Waals surface area contributed by atoms with E-state index in [1.807, 2.05) is 19.1 Å². The standard InChI is InChI=1S/C25H33ClN4O4S3/c1-5-28(6-2)15-16-30(25-27-22-19(34-4)8-7-17(3)23(22)36-25)24(31)18-11-13-29(14-12-18)37(32,33)21-10-9-20(26)35-21/h7-10,18H,5-6,11-16H2,1-4H3. The van der Waals surface area contributed by atoms with Crippen LogP contribution in [0.3, 0.4) is 0 Å². The maximum atomic E-state index is 13.9. The number of ether oxygens (including phenoxy) is 1. The summed E-state index contributed by atoms with van der Waals surface area (Å²) in [7, 11) is -1.99. The third kappa shape index (κ3) is 5.97. The normalized spacial score (nSPS) is 15.5. The van der Waals surface area contributed by atoms with Crippen molar-refractivity contribution in [2.45, 2.75) is 37.8 Å². The molecule has 0 saturated carbocycles. The van der Waals surface area contributed by atoms with Crippen LogP contribution >= 0.6 is 34.3 Å². The average Bonchev–Trinajstić information content (AvgIpc) is 3.54. The van der Waals surface area contributed by atoms with E-state index in [1.165, 1.54) is 21.7 Å². The van der Waals surface area contributed by atoms with Crippen molar-refractivity contribution < 1.29 is 17.9 Å². The topological polar surface area (TPSA) is 83.0 Å². The number of methoxy groups -OCH3 is 1. The van der Waals surface area contributed by atoms with Crippen molar-refractivity contribution in [2.24, 2.45) is 5.92 Å². The number of carbonyl (C=O) groups excluding carboxylic acids is 1. The molecule has 3 aromatic rings. The summed E-state index contributed by atoms with van der Waals surface area (Å²) in [5, 5.41) is 0.656. The van der Waals surface area contributed by atoms with Gasteiger partial charge in [0.25, 0.3) is 10.0 Å². The summed E-state index contributed by atoms with van der Waals surface area (Å²) in [6.45, 7) is 9.89. The van der Waals surface area contributed by atoms with Crippen LogP contribution in [0.1, 0.15) is 32.3 Å². The SMILES string of the molecule is CCN(CC)CCN(C(=O)C1CCN(S(=O)(=O)c2ccc(Cl)s2)CC1)c1nc2c(OC)ccc(C)c2s1. The third-order valence-corrected chi connectivity index (χ3v) is 11.7. The number of hydrogen-bond donors (Lipinski definition) is 0. The fourth-order valence-corrected chi connectivity index (χ4v) is 8.78. The molecule has 0 unspecified atom stereocenters. The number of hydrogen-bond acceptors (Lipinski definition) is 8. The number of piperidine rings is 1. The Morgan fingerprint density at radius 3 is 2.43 bits per heavy atom. The molecule has 0 radical (unpaired) electrons. The first-order chi connectivity index (χ1) is 17.7. The van der Waals surface area contributed by atoms with Gasteiger partial charge in [-0.25, -0.2) is 13.4 Å². The number of thiophene rings is 1. The zero-order valence-electron chi connectivity index (χ0n) is 21.6. The highest BCUT2D eigenvalue weighted by Crippen LogP contribution is 2.38. The second kappa shape index (κ2) is 12.0. The Kier molecular flexibility index (Phi) is 9.13. The summed E-state index contributed by atoms with van der Waals surface area (Å²) >= 11 is 8.52. The highest BCUT2D eigenvalue weighted by atomic mass is 35.5. The molecule has 1 aliphatic rings. The minimum atomic E-state index is -3.61. The molecule has 202 valence electrons. The average molecular weight is 585 g/mol. The van der Waals surface area contributed by atoms with E-state index in [1.54, 1.807) is 18.1 Å². The van der Waals surface area contributed by atoms with Crippen LogP contribution in [0.25, 0.3) is 10.2 Å². The fourth-order valence-electron chi connectivity index (χ4n) is 4.59. The predicted molar refractivity (Wildman–Crippen MR) is 152 cm³/mol. The van der Waals surface area contributed by atoms with E-state index < -0.39 is 10.0 Å². The van der Waals surface area contributed by atoms with E-state index >= 15 is 0 Å². The van der Waals surface area contributed by atoms with Gasteiger partial charge in [0.05, 0.1) is 16.1 Å². The molecule has 8 nitrogen and oxygen atoms in total. The lowest BCUT2D eigenvalue weighted by atomic mass is 9.96. The van der Waals surface area contributed by atoms with Crippen molar-refractivity contribution in [2.75, 3.05) is 51.3 Å². The maximum absolute atomic E-state index is 13.9. The molecule has 1 amide bonds. The summed E-state index contributed by atoms with van der Waals surface area (Å²) in [5.41, 5.74) is 1.85. The highest BCUT2D eigenvalue weighted by Gasteiger charge is 2.35. The summed E-state index contributed by atoms with van der Waals surface area (Å²) in [4.78, 5) is 22.8. The molecule has 3 heterocycles. The zero-order chi connectivity index (χ0) is 26.7. The van der Waals surface area contributed by atoms with Crippen molar-refractivity contribution in [3.05, 3.63) is 34.2 Å². The van der Waals surface area contributed by atoms with Crippen LogP contribution in [-0.2, 0) is 14.8 Å². The van der Waals surface area contributed by atoms with Crippen LogP contribution < -0.4 is 9.64 Å². The molecule has 12 heteroatoms. The van der Waals surface area contributed by atoms with Gasteiger partial charge in [-0.2, -0.15) is 4.31 Å². The minimum absolute atomic E-state index is 0.000881. The van der Waals surface area contributed by atoms with Gasteiger partial charge in [0.1, 0.15) is 15.5 Å². The van der Waals surface area contributed by atoms with Crippen LogP contribution in [-0.4, -0.2) is 74.9 Å². The first kappa shape index (κ1) is 28.3. The molecular weight excluding hydrogens is 552 g/mol. The van der Waals surface area contributed by atoms with E-state index in [-0.39, 0.29) is 16.0 Å². The van der Waals surface area contributed by atoms with E-state index in [9.17, 15) is 13.2 Å². The van der Waals surface area contributed by atoms with Gasteiger partial charge in [-0.15, -0.1) is 11.3 Å². The minimum Gasteiger partial charge on any atom is -0.494 e. The molecule has 0 atom stereocenters. The van der Waals surface area contributed by atoms with Crippen molar-refractivity contribution in [3.63, 3.8) is 0 Å². The monoisotopic (exact) mass is 584 g/mol. The van der Waals surface area contributed by atoms with Gasteiger partial charge in [0.15, 0.2) is 5.13 Å². The Morgan fingerprint density at radius 2 is 1.84 bits per heavy atom. The largest absolute Gasteiger partial charge is 0.494 e. The van der Waals surface area contributed by atoms with Gasteiger partial charge in [-0.1, -0.05) is 42.9 Å². The maximum Gasteiger partial charge on any atom is 0.252 e. The van der Waals surface area contributed by atoms with Gasteiger partial charge in [-0.05, 0) is 56.6 Å². The quantitative estimate of drug-likeness (QED) is 0.329. The number of nitrogens with zero attached hydrogens (tertiary/aromatic N) is 4. The summed E-state index contributed by atoms with van der Waals surface area (Å²) in [5.74, 6) is 0.413. The molecule has 2 aromatic heterocycles. The number of halogens is 1. The van der Waals surface area contributed by atoms with E-state index in [4.69, 9.17) is 21.3 Å². The molecule has 4 rings (SSSR count). The molecule has 1 saturated heterocycles. The number of sulfonamides is 1. The molecule has 37 heavy (non-hydrogen) atoms. The summed E-state index contributed by atoms with van der Waals surface area (Å²) in [6.07, 6.45) is 0.929. The lowest BCUT2D eigenvalue weighted by Gasteiger charge is -2.33. The van der Waals surface area contributed by atoms with E-state index in [0.29, 0.717) is 47.7 Å². The number of rotatable bonds is 10. The zero-order valence-corrected chi connectivity index (χ0v) is 24.8. The lowest BCUT2D eigenvalue weighted by Crippen LogP contribution is -2.46. The molecule has 1 aliphatic heterocycles. The Bertz CT molecular complexity index is 1350. The van der Waals surface area contributed by atoms with Crippen LogP contribution in [0, 0.1) is 12.8 Å². The van der Waals surface area contributed by atoms with Crippen molar-refractivity contribution in [3.8, 4) is 5.75 Å². The number of aryl methyl sites for hydroxylation is 1. The fraction of sp³-hybridized carbons (Fsp3) is 0.520. The second-order valence-electron chi connectivity index (χ2n) is 9.01. The van der Waals surface area contributed by atoms with Crippen LogP contribution in [0.5, 0.6) is 5.75 Å². The summed E-state index contributed by atoms with van der Waals surface area (Å²) in [6, 6.07) is 7.04. The van der Waals surface area contributed by atoms with Crippen LogP contribution in [0.15, 0.2) is 28.5 Å².